The lowest BCUT2D eigenvalue weighted by molar-refractivity contribution is 0.670. The van der Waals surface area contributed by atoms with Crippen molar-refractivity contribution in [3.8, 4) is 6.07 Å². The fraction of sp³-hybridized carbons (Fsp3) is 0.375. The highest BCUT2D eigenvalue weighted by atomic mass is 14.7. The molecule has 2 heteroatoms. The normalized spacial score (nSPS) is 14.3. The number of nitriles is 1. The van der Waals surface area contributed by atoms with Crippen molar-refractivity contribution < 1.29 is 0 Å². The van der Waals surface area contributed by atoms with Gasteiger partial charge in [-0.3, -0.25) is 4.98 Å². The zero-order valence-electron chi connectivity index (χ0n) is 10.9. The summed E-state index contributed by atoms with van der Waals surface area (Å²) in [6, 6.07) is 6.63. The molecule has 90 valence electrons. The molecule has 0 amide bonds. The van der Waals surface area contributed by atoms with E-state index in [1.165, 1.54) is 29.5 Å². The predicted octanol–water partition coefficient (Wildman–Crippen LogP) is 3.60. The fourth-order valence-corrected chi connectivity index (χ4v) is 2.81. The minimum Gasteiger partial charge on any atom is -0.252 e. The summed E-state index contributed by atoms with van der Waals surface area (Å²) >= 11 is 0. The van der Waals surface area contributed by atoms with E-state index in [-0.39, 0.29) is 0 Å². The molecule has 0 fully saturated rings. The van der Waals surface area contributed by atoms with Gasteiger partial charge in [0.15, 0.2) is 0 Å². The van der Waals surface area contributed by atoms with Crippen molar-refractivity contribution >= 4 is 10.9 Å². The first-order valence-corrected chi connectivity index (χ1v) is 6.53. The van der Waals surface area contributed by atoms with Crippen LogP contribution in [0.2, 0.25) is 0 Å². The predicted molar refractivity (Wildman–Crippen MR) is 72.6 cm³/mol. The average molecular weight is 236 g/mol. The highest BCUT2D eigenvalue weighted by Crippen LogP contribution is 2.30. The number of rotatable bonds is 0. The molecule has 0 N–H and O–H groups in total. The second-order valence-corrected chi connectivity index (χ2v) is 5.18. The number of hydrogen-bond acceptors (Lipinski definition) is 2. The van der Waals surface area contributed by atoms with Gasteiger partial charge in [0.05, 0.1) is 11.1 Å². The number of nitrogens with zero attached hydrogens (tertiary/aromatic N) is 2. The Hall–Kier alpha value is -1.88. The molecule has 1 aromatic heterocycles. The molecular weight excluding hydrogens is 220 g/mol. The van der Waals surface area contributed by atoms with Gasteiger partial charge in [-0.25, -0.2) is 0 Å². The molecule has 1 aliphatic carbocycles. The molecule has 2 aromatic rings. The lowest BCUT2D eigenvalue weighted by Gasteiger charge is -2.18. The maximum atomic E-state index is 9.47. The van der Waals surface area contributed by atoms with Crippen LogP contribution >= 0.6 is 0 Å². The summed E-state index contributed by atoms with van der Waals surface area (Å²) in [5, 5.41) is 10.5. The van der Waals surface area contributed by atoms with E-state index in [1.54, 1.807) is 0 Å². The third kappa shape index (κ3) is 1.59. The van der Waals surface area contributed by atoms with Crippen LogP contribution in [-0.4, -0.2) is 4.98 Å². The molecule has 3 rings (SSSR count). The Morgan fingerprint density at radius 1 is 1.11 bits per heavy atom. The molecule has 0 spiro atoms. The van der Waals surface area contributed by atoms with Crippen molar-refractivity contribution in [1.82, 2.24) is 4.98 Å². The molecule has 1 heterocycles. The van der Waals surface area contributed by atoms with Crippen LogP contribution in [-0.2, 0) is 12.8 Å². The number of aromatic nitrogens is 1. The Morgan fingerprint density at radius 2 is 1.83 bits per heavy atom. The highest BCUT2D eigenvalue weighted by Gasteiger charge is 2.18. The summed E-state index contributed by atoms with van der Waals surface area (Å²) in [7, 11) is 0. The Labute approximate surface area is 107 Å². The van der Waals surface area contributed by atoms with Gasteiger partial charge < -0.3 is 0 Å². The van der Waals surface area contributed by atoms with E-state index in [1.807, 2.05) is 0 Å². The monoisotopic (exact) mass is 236 g/mol. The first-order chi connectivity index (χ1) is 8.70. The average Bonchev–Trinajstić information content (AvgIpc) is 2.38. The van der Waals surface area contributed by atoms with Gasteiger partial charge in [-0.1, -0.05) is 0 Å². The largest absolute Gasteiger partial charge is 0.252 e. The SMILES string of the molecule is Cc1cc2nc3c(c(C#N)c2cc1C)CCCC3. The standard InChI is InChI=1S/C16H16N2/c1-10-7-13-14(9-17)12-5-3-4-6-15(12)18-16(13)8-11(10)2/h7-8H,3-6H2,1-2H3. The lowest BCUT2D eigenvalue weighted by atomic mass is 9.89. The van der Waals surface area contributed by atoms with Gasteiger partial charge in [-0.2, -0.15) is 5.26 Å². The Kier molecular flexibility index (Phi) is 2.56. The van der Waals surface area contributed by atoms with Crippen molar-refractivity contribution in [2.45, 2.75) is 39.5 Å². The van der Waals surface area contributed by atoms with Crippen molar-refractivity contribution in [1.29, 1.82) is 5.26 Å². The third-order valence-corrected chi connectivity index (χ3v) is 3.99. The van der Waals surface area contributed by atoms with E-state index in [0.717, 1.165) is 35.0 Å². The fourth-order valence-electron chi connectivity index (χ4n) is 2.81. The van der Waals surface area contributed by atoms with Crippen LogP contribution in [0.3, 0.4) is 0 Å². The minimum absolute atomic E-state index is 0.859. The number of benzene rings is 1. The zero-order valence-corrected chi connectivity index (χ0v) is 10.9. The van der Waals surface area contributed by atoms with Crippen molar-refractivity contribution in [2.24, 2.45) is 0 Å². The first kappa shape index (κ1) is 11.2. The van der Waals surface area contributed by atoms with E-state index >= 15 is 0 Å². The topological polar surface area (TPSA) is 36.7 Å². The summed E-state index contributed by atoms with van der Waals surface area (Å²) < 4.78 is 0. The van der Waals surface area contributed by atoms with E-state index in [9.17, 15) is 5.26 Å². The zero-order chi connectivity index (χ0) is 12.7. The van der Waals surface area contributed by atoms with Crippen LogP contribution in [0.15, 0.2) is 12.1 Å². The molecule has 0 radical (unpaired) electrons. The Bertz CT molecular complexity index is 678. The van der Waals surface area contributed by atoms with Crippen LogP contribution in [0.5, 0.6) is 0 Å². The maximum absolute atomic E-state index is 9.47. The van der Waals surface area contributed by atoms with Gasteiger partial charge in [0.25, 0.3) is 0 Å². The smallest absolute Gasteiger partial charge is 0.100 e. The summed E-state index contributed by atoms with van der Waals surface area (Å²) in [6.07, 6.45) is 4.40. The lowest BCUT2D eigenvalue weighted by Crippen LogP contribution is -2.08. The van der Waals surface area contributed by atoms with Gasteiger partial charge in [-0.15, -0.1) is 0 Å². The summed E-state index contributed by atoms with van der Waals surface area (Å²) in [4.78, 5) is 4.78. The molecule has 1 aromatic carbocycles. The second-order valence-electron chi connectivity index (χ2n) is 5.18. The van der Waals surface area contributed by atoms with E-state index < -0.39 is 0 Å². The Balaban J connectivity index is 2.41. The van der Waals surface area contributed by atoms with Gasteiger partial charge >= 0.3 is 0 Å². The molecule has 0 bridgehead atoms. The van der Waals surface area contributed by atoms with Crippen molar-refractivity contribution in [3.05, 3.63) is 40.1 Å². The number of fused-ring (bicyclic) bond motifs is 2. The molecule has 0 saturated heterocycles. The van der Waals surface area contributed by atoms with Gasteiger partial charge in [-0.05, 0) is 68.4 Å². The van der Waals surface area contributed by atoms with E-state index in [0.29, 0.717) is 0 Å². The highest BCUT2D eigenvalue weighted by molar-refractivity contribution is 5.87. The summed E-state index contributed by atoms with van der Waals surface area (Å²) in [5.41, 5.74) is 6.66. The quantitative estimate of drug-likeness (QED) is 0.700. The van der Waals surface area contributed by atoms with Gasteiger partial charge in [0.2, 0.25) is 0 Å². The third-order valence-electron chi connectivity index (χ3n) is 3.99. The summed E-state index contributed by atoms with van der Waals surface area (Å²) in [5.74, 6) is 0. The van der Waals surface area contributed by atoms with Crippen LogP contribution in [0.25, 0.3) is 10.9 Å². The van der Waals surface area contributed by atoms with Crippen LogP contribution < -0.4 is 0 Å². The molecule has 0 unspecified atom stereocenters. The molecule has 2 nitrogen and oxygen atoms in total. The number of hydrogen-bond donors (Lipinski definition) is 0. The van der Waals surface area contributed by atoms with Gasteiger partial charge in [0, 0.05) is 11.1 Å². The number of aryl methyl sites for hydroxylation is 3. The molecule has 0 atom stereocenters. The first-order valence-electron chi connectivity index (χ1n) is 6.53. The Morgan fingerprint density at radius 3 is 2.61 bits per heavy atom. The molecule has 1 aliphatic rings. The van der Waals surface area contributed by atoms with Crippen molar-refractivity contribution in [3.63, 3.8) is 0 Å². The second kappa shape index (κ2) is 4.10. The number of pyridine rings is 1. The molecule has 18 heavy (non-hydrogen) atoms. The maximum Gasteiger partial charge on any atom is 0.100 e. The van der Waals surface area contributed by atoms with E-state index in [2.05, 4.69) is 32.0 Å². The van der Waals surface area contributed by atoms with Gasteiger partial charge in [0.1, 0.15) is 6.07 Å². The van der Waals surface area contributed by atoms with Crippen molar-refractivity contribution in [2.75, 3.05) is 0 Å². The van der Waals surface area contributed by atoms with E-state index in [4.69, 9.17) is 4.98 Å². The molecular formula is C16H16N2. The molecule has 0 saturated carbocycles. The van der Waals surface area contributed by atoms with Crippen LogP contribution in [0.4, 0.5) is 0 Å². The van der Waals surface area contributed by atoms with Crippen LogP contribution in [0.1, 0.15) is 40.8 Å². The van der Waals surface area contributed by atoms with Crippen LogP contribution in [0, 0.1) is 25.2 Å². The summed E-state index contributed by atoms with van der Waals surface area (Å²) in [6.45, 7) is 4.19. The minimum atomic E-state index is 0.859. The molecule has 0 aliphatic heterocycles.